The monoisotopic (exact) mass is 247 g/mol. The zero-order chi connectivity index (χ0) is 12.8. The van der Waals surface area contributed by atoms with E-state index >= 15 is 0 Å². The highest BCUT2D eigenvalue weighted by Gasteiger charge is 2.27. The third kappa shape index (κ3) is 3.74. The number of benzene rings is 1. The molecule has 0 bridgehead atoms. The lowest BCUT2D eigenvalue weighted by molar-refractivity contribution is 0.0381. The molecule has 0 unspecified atom stereocenters. The topological polar surface area (TPSA) is 32.3 Å². The minimum atomic E-state index is -0.501. The van der Waals surface area contributed by atoms with Crippen LogP contribution in [0.15, 0.2) is 24.3 Å². The number of aliphatic hydroxyl groups is 1. The highest BCUT2D eigenvalue weighted by molar-refractivity contribution is 5.46. The van der Waals surface area contributed by atoms with Crippen LogP contribution in [-0.2, 0) is 6.42 Å². The maximum absolute atomic E-state index is 10.6. The molecule has 0 amide bonds. The van der Waals surface area contributed by atoms with Gasteiger partial charge in [-0.05, 0) is 37.0 Å². The molecule has 100 valence electrons. The van der Waals surface area contributed by atoms with Gasteiger partial charge in [0, 0.05) is 12.2 Å². The van der Waals surface area contributed by atoms with Gasteiger partial charge in [-0.15, -0.1) is 0 Å². The largest absolute Gasteiger partial charge is 0.388 e. The van der Waals surface area contributed by atoms with Crippen molar-refractivity contribution in [2.45, 2.75) is 57.5 Å². The highest BCUT2D eigenvalue weighted by atomic mass is 16.3. The van der Waals surface area contributed by atoms with E-state index in [-0.39, 0.29) is 0 Å². The van der Waals surface area contributed by atoms with Crippen molar-refractivity contribution in [3.8, 4) is 0 Å². The maximum atomic E-state index is 10.6. The van der Waals surface area contributed by atoms with Gasteiger partial charge in [-0.25, -0.2) is 0 Å². The minimum Gasteiger partial charge on any atom is -0.388 e. The lowest BCUT2D eigenvalue weighted by Crippen LogP contribution is -2.36. The van der Waals surface area contributed by atoms with Crippen molar-refractivity contribution in [1.29, 1.82) is 0 Å². The van der Waals surface area contributed by atoms with Crippen LogP contribution in [0.4, 0.5) is 5.69 Å². The van der Waals surface area contributed by atoms with Gasteiger partial charge in [0.2, 0.25) is 0 Å². The van der Waals surface area contributed by atoms with Crippen LogP contribution in [0.1, 0.15) is 51.0 Å². The van der Waals surface area contributed by atoms with E-state index in [0.29, 0.717) is 6.54 Å². The van der Waals surface area contributed by atoms with Crippen LogP contribution in [0.25, 0.3) is 0 Å². The molecule has 0 spiro atoms. The molecule has 2 nitrogen and oxygen atoms in total. The van der Waals surface area contributed by atoms with Crippen molar-refractivity contribution >= 4 is 5.69 Å². The van der Waals surface area contributed by atoms with Crippen molar-refractivity contribution in [2.75, 3.05) is 11.9 Å². The number of hydrogen-bond donors (Lipinski definition) is 2. The molecule has 0 aliphatic heterocycles. The Kier molecular flexibility index (Phi) is 4.65. The summed E-state index contributed by atoms with van der Waals surface area (Å²) in [6.07, 6.45) is 7.79. The van der Waals surface area contributed by atoms with E-state index < -0.39 is 5.60 Å². The number of nitrogens with one attached hydrogen (secondary N) is 1. The van der Waals surface area contributed by atoms with Crippen LogP contribution in [0.5, 0.6) is 0 Å². The summed E-state index contributed by atoms with van der Waals surface area (Å²) in [5.41, 5.74) is 1.97. The van der Waals surface area contributed by atoms with Crippen molar-refractivity contribution in [3.05, 3.63) is 29.8 Å². The Balaban J connectivity index is 1.92. The first-order valence-corrected chi connectivity index (χ1v) is 7.27. The molecule has 1 aromatic rings. The van der Waals surface area contributed by atoms with Gasteiger partial charge in [-0.2, -0.15) is 0 Å². The summed E-state index contributed by atoms with van der Waals surface area (Å²) in [5, 5.41) is 14.0. The molecule has 1 aliphatic rings. The predicted octanol–water partition coefficient (Wildman–Crippen LogP) is 3.75. The molecule has 1 aliphatic carbocycles. The minimum absolute atomic E-state index is 0.501. The van der Waals surface area contributed by atoms with Gasteiger partial charge < -0.3 is 10.4 Å². The lowest BCUT2D eigenvalue weighted by Gasteiger charge is -2.27. The molecule has 2 heteroatoms. The number of anilines is 1. The molecular formula is C16H25NO. The molecule has 2 rings (SSSR count). The summed E-state index contributed by atoms with van der Waals surface area (Å²) in [6, 6.07) is 8.49. The average molecular weight is 247 g/mol. The summed E-state index contributed by atoms with van der Waals surface area (Å²) in [5.74, 6) is 0. The maximum Gasteiger partial charge on any atom is 0.0819 e. The summed E-state index contributed by atoms with van der Waals surface area (Å²) < 4.78 is 0. The SMILES string of the molecule is CCc1cccc(NCC2(O)CCCCCC2)c1. The first kappa shape index (κ1) is 13.4. The number of hydrogen-bond acceptors (Lipinski definition) is 2. The van der Waals surface area contributed by atoms with Gasteiger partial charge in [0.25, 0.3) is 0 Å². The lowest BCUT2D eigenvalue weighted by atomic mass is 9.94. The zero-order valence-corrected chi connectivity index (χ0v) is 11.4. The Labute approximate surface area is 110 Å². The quantitative estimate of drug-likeness (QED) is 0.794. The Hall–Kier alpha value is -1.02. The van der Waals surface area contributed by atoms with Gasteiger partial charge in [0.05, 0.1) is 5.60 Å². The predicted molar refractivity (Wildman–Crippen MR) is 77.0 cm³/mol. The van der Waals surface area contributed by atoms with Gasteiger partial charge in [-0.1, -0.05) is 44.7 Å². The van der Waals surface area contributed by atoms with Gasteiger partial charge in [0.1, 0.15) is 0 Å². The molecule has 1 saturated carbocycles. The van der Waals surface area contributed by atoms with Crippen LogP contribution >= 0.6 is 0 Å². The van der Waals surface area contributed by atoms with Crippen molar-refractivity contribution in [1.82, 2.24) is 0 Å². The molecule has 1 aromatic carbocycles. The molecule has 1 fully saturated rings. The van der Waals surface area contributed by atoms with Crippen molar-refractivity contribution in [2.24, 2.45) is 0 Å². The molecule has 0 radical (unpaired) electrons. The highest BCUT2D eigenvalue weighted by Crippen LogP contribution is 2.27. The Bertz CT molecular complexity index is 367. The first-order chi connectivity index (χ1) is 8.72. The smallest absolute Gasteiger partial charge is 0.0819 e. The van der Waals surface area contributed by atoms with Gasteiger partial charge in [0.15, 0.2) is 0 Å². The second-order valence-electron chi connectivity index (χ2n) is 5.55. The van der Waals surface area contributed by atoms with Crippen LogP contribution in [0.2, 0.25) is 0 Å². The molecule has 2 N–H and O–H groups in total. The normalized spacial score (nSPS) is 19.2. The second kappa shape index (κ2) is 6.24. The van der Waals surface area contributed by atoms with E-state index in [2.05, 4.69) is 36.5 Å². The van der Waals surface area contributed by atoms with E-state index in [1.54, 1.807) is 0 Å². The van der Waals surface area contributed by atoms with Gasteiger partial charge in [-0.3, -0.25) is 0 Å². The third-order valence-electron chi connectivity index (χ3n) is 3.99. The molecule has 18 heavy (non-hydrogen) atoms. The van der Waals surface area contributed by atoms with E-state index in [0.717, 1.165) is 37.8 Å². The summed E-state index contributed by atoms with van der Waals surface area (Å²) >= 11 is 0. The fourth-order valence-electron chi connectivity index (χ4n) is 2.73. The zero-order valence-electron chi connectivity index (χ0n) is 11.4. The summed E-state index contributed by atoms with van der Waals surface area (Å²) in [4.78, 5) is 0. The fourth-order valence-corrected chi connectivity index (χ4v) is 2.73. The molecule has 0 saturated heterocycles. The molecule has 0 aromatic heterocycles. The standard InChI is InChI=1S/C16H25NO/c1-2-14-8-7-9-15(12-14)17-13-16(18)10-5-3-4-6-11-16/h7-9,12,17-18H,2-6,10-11,13H2,1H3. The molecule has 0 atom stereocenters. The molecular weight excluding hydrogens is 222 g/mol. The van der Waals surface area contributed by atoms with Crippen molar-refractivity contribution < 1.29 is 5.11 Å². The van der Waals surface area contributed by atoms with Gasteiger partial charge >= 0.3 is 0 Å². The first-order valence-electron chi connectivity index (χ1n) is 7.27. The van der Waals surface area contributed by atoms with Crippen LogP contribution in [0, 0.1) is 0 Å². The number of rotatable bonds is 4. The van der Waals surface area contributed by atoms with Crippen molar-refractivity contribution in [3.63, 3.8) is 0 Å². The number of aryl methyl sites for hydroxylation is 1. The fraction of sp³-hybridized carbons (Fsp3) is 0.625. The Morgan fingerprint density at radius 2 is 1.89 bits per heavy atom. The van der Waals surface area contributed by atoms with E-state index in [1.807, 2.05) is 0 Å². The summed E-state index contributed by atoms with van der Waals surface area (Å²) in [7, 11) is 0. The second-order valence-corrected chi connectivity index (χ2v) is 5.55. The van der Waals surface area contributed by atoms with E-state index in [9.17, 15) is 5.11 Å². The Morgan fingerprint density at radius 3 is 2.56 bits per heavy atom. The van der Waals surface area contributed by atoms with E-state index in [4.69, 9.17) is 0 Å². The van der Waals surface area contributed by atoms with Crippen LogP contribution in [0.3, 0.4) is 0 Å². The van der Waals surface area contributed by atoms with Crippen LogP contribution in [-0.4, -0.2) is 17.3 Å². The third-order valence-corrected chi connectivity index (χ3v) is 3.99. The summed E-state index contributed by atoms with van der Waals surface area (Å²) in [6.45, 7) is 2.85. The average Bonchev–Trinajstić information content (AvgIpc) is 2.62. The Morgan fingerprint density at radius 1 is 1.17 bits per heavy atom. The van der Waals surface area contributed by atoms with Crippen LogP contribution < -0.4 is 5.32 Å². The molecule has 0 heterocycles. The van der Waals surface area contributed by atoms with E-state index in [1.165, 1.54) is 18.4 Å².